The molecule has 0 radical (unpaired) electrons. The van der Waals surface area contributed by atoms with Gasteiger partial charge in [-0.15, -0.1) is 0 Å². The monoisotopic (exact) mass is 230 g/mol. The highest BCUT2D eigenvalue weighted by Gasteiger charge is 2.27. The number of nitrogens with zero attached hydrogens (tertiary/aromatic N) is 1. The van der Waals surface area contributed by atoms with E-state index in [2.05, 4.69) is 41.4 Å². The molecule has 17 heavy (non-hydrogen) atoms. The summed E-state index contributed by atoms with van der Waals surface area (Å²) in [5, 5.41) is 3.66. The molecule has 3 rings (SSSR count). The van der Waals surface area contributed by atoms with Crippen LogP contribution in [0, 0.1) is 0 Å². The Morgan fingerprint density at radius 3 is 3.00 bits per heavy atom. The summed E-state index contributed by atoms with van der Waals surface area (Å²) in [4.78, 5) is 2.60. The van der Waals surface area contributed by atoms with Crippen molar-refractivity contribution in [1.29, 1.82) is 0 Å². The van der Waals surface area contributed by atoms with Crippen LogP contribution in [0.25, 0.3) is 0 Å². The van der Waals surface area contributed by atoms with Gasteiger partial charge in [0.2, 0.25) is 0 Å². The van der Waals surface area contributed by atoms with Crippen LogP contribution < -0.4 is 10.2 Å². The molecule has 1 fully saturated rings. The van der Waals surface area contributed by atoms with Gasteiger partial charge in [-0.25, -0.2) is 0 Å². The van der Waals surface area contributed by atoms with E-state index in [1.165, 1.54) is 50.0 Å². The highest BCUT2D eigenvalue weighted by molar-refractivity contribution is 5.59. The van der Waals surface area contributed by atoms with Gasteiger partial charge in [0.25, 0.3) is 0 Å². The van der Waals surface area contributed by atoms with Gasteiger partial charge >= 0.3 is 0 Å². The van der Waals surface area contributed by atoms with Crippen LogP contribution in [0.2, 0.25) is 0 Å². The van der Waals surface area contributed by atoms with Crippen LogP contribution in [0.4, 0.5) is 5.69 Å². The van der Waals surface area contributed by atoms with E-state index in [-0.39, 0.29) is 0 Å². The number of hydrogen-bond donors (Lipinski definition) is 1. The molecule has 0 aromatic heterocycles. The molecule has 0 saturated carbocycles. The first-order valence-electron chi connectivity index (χ1n) is 6.92. The Labute approximate surface area is 104 Å². The van der Waals surface area contributed by atoms with E-state index in [1.54, 1.807) is 0 Å². The topological polar surface area (TPSA) is 15.3 Å². The van der Waals surface area contributed by atoms with E-state index >= 15 is 0 Å². The first kappa shape index (κ1) is 11.1. The third kappa shape index (κ3) is 2.19. The van der Waals surface area contributed by atoms with Gasteiger partial charge in [-0.1, -0.05) is 24.6 Å². The molecule has 2 unspecified atom stereocenters. The summed E-state index contributed by atoms with van der Waals surface area (Å²) in [6.45, 7) is 4.73. The first-order valence-corrected chi connectivity index (χ1v) is 6.92. The van der Waals surface area contributed by atoms with Crippen molar-refractivity contribution in [2.24, 2.45) is 0 Å². The van der Waals surface area contributed by atoms with Crippen LogP contribution in [0.5, 0.6) is 0 Å². The molecule has 2 atom stereocenters. The zero-order valence-corrected chi connectivity index (χ0v) is 10.7. The Kier molecular flexibility index (Phi) is 3.06. The van der Waals surface area contributed by atoms with Crippen LogP contribution in [-0.2, 0) is 6.42 Å². The Morgan fingerprint density at radius 1 is 1.29 bits per heavy atom. The van der Waals surface area contributed by atoms with Gasteiger partial charge in [-0.2, -0.15) is 0 Å². The summed E-state index contributed by atoms with van der Waals surface area (Å²) in [7, 11) is 0. The summed E-state index contributed by atoms with van der Waals surface area (Å²) in [6, 6.07) is 10.2. The van der Waals surface area contributed by atoms with Gasteiger partial charge in [-0.3, -0.25) is 0 Å². The molecule has 0 bridgehead atoms. The standard InChI is InChI=1S/C15H22N2/c1-12-10-13-6-2-3-8-15(13)17(12)11-14-7-4-5-9-16-14/h2-3,6,8,12,14,16H,4-5,7,9-11H2,1H3. The second-order valence-electron chi connectivity index (χ2n) is 5.48. The highest BCUT2D eigenvalue weighted by Crippen LogP contribution is 2.32. The number of para-hydroxylation sites is 1. The Bertz CT molecular complexity index is 382. The number of benzene rings is 1. The fourth-order valence-electron chi connectivity index (χ4n) is 3.23. The van der Waals surface area contributed by atoms with Crippen molar-refractivity contribution in [3.8, 4) is 0 Å². The summed E-state index contributed by atoms with van der Waals surface area (Å²) < 4.78 is 0. The second kappa shape index (κ2) is 4.69. The SMILES string of the molecule is CC1Cc2ccccc2N1CC1CCCCN1. The maximum absolute atomic E-state index is 3.66. The molecule has 2 aliphatic rings. The molecule has 92 valence electrons. The van der Waals surface area contributed by atoms with Gasteiger partial charge in [0, 0.05) is 24.3 Å². The van der Waals surface area contributed by atoms with E-state index in [1.807, 2.05) is 0 Å². The average molecular weight is 230 g/mol. The number of anilines is 1. The molecule has 2 aliphatic heterocycles. The van der Waals surface area contributed by atoms with Crippen LogP contribution >= 0.6 is 0 Å². The summed E-state index contributed by atoms with van der Waals surface area (Å²) in [6.07, 6.45) is 5.29. The lowest BCUT2D eigenvalue weighted by Gasteiger charge is -2.32. The maximum Gasteiger partial charge on any atom is 0.0402 e. The maximum atomic E-state index is 3.66. The Hall–Kier alpha value is -1.02. The molecule has 1 aromatic carbocycles. The third-order valence-electron chi connectivity index (χ3n) is 4.18. The van der Waals surface area contributed by atoms with Crippen molar-refractivity contribution in [2.45, 2.75) is 44.7 Å². The second-order valence-corrected chi connectivity index (χ2v) is 5.48. The Balaban J connectivity index is 1.74. The summed E-state index contributed by atoms with van der Waals surface area (Å²) >= 11 is 0. The number of fused-ring (bicyclic) bond motifs is 1. The molecule has 2 heteroatoms. The third-order valence-corrected chi connectivity index (χ3v) is 4.18. The molecule has 1 aromatic rings. The predicted octanol–water partition coefficient (Wildman–Crippen LogP) is 2.58. The minimum Gasteiger partial charge on any atom is -0.367 e. The van der Waals surface area contributed by atoms with E-state index in [9.17, 15) is 0 Å². The molecule has 2 heterocycles. The normalized spacial score (nSPS) is 28.2. The lowest BCUT2D eigenvalue weighted by Crippen LogP contribution is -2.45. The van der Waals surface area contributed by atoms with Gasteiger partial charge in [-0.05, 0) is 44.4 Å². The molecule has 1 N–H and O–H groups in total. The number of nitrogens with one attached hydrogen (secondary N) is 1. The number of rotatable bonds is 2. The largest absolute Gasteiger partial charge is 0.367 e. The minimum absolute atomic E-state index is 0.663. The van der Waals surface area contributed by atoms with Crippen molar-refractivity contribution in [2.75, 3.05) is 18.0 Å². The molecule has 0 aliphatic carbocycles. The fourth-order valence-corrected chi connectivity index (χ4v) is 3.23. The van der Waals surface area contributed by atoms with Crippen LogP contribution in [0.15, 0.2) is 24.3 Å². The smallest absolute Gasteiger partial charge is 0.0402 e. The molecule has 1 saturated heterocycles. The highest BCUT2D eigenvalue weighted by atomic mass is 15.2. The number of hydrogen-bond acceptors (Lipinski definition) is 2. The van der Waals surface area contributed by atoms with Crippen LogP contribution in [-0.4, -0.2) is 25.2 Å². The van der Waals surface area contributed by atoms with E-state index in [4.69, 9.17) is 0 Å². The Morgan fingerprint density at radius 2 is 2.18 bits per heavy atom. The van der Waals surface area contributed by atoms with Gasteiger partial charge in [0.05, 0.1) is 0 Å². The van der Waals surface area contributed by atoms with Crippen molar-refractivity contribution < 1.29 is 0 Å². The zero-order valence-electron chi connectivity index (χ0n) is 10.7. The molecule has 0 spiro atoms. The number of piperidine rings is 1. The molecular weight excluding hydrogens is 208 g/mol. The van der Waals surface area contributed by atoms with Gasteiger partial charge < -0.3 is 10.2 Å². The molecule has 2 nitrogen and oxygen atoms in total. The van der Waals surface area contributed by atoms with Crippen LogP contribution in [0.3, 0.4) is 0 Å². The summed E-state index contributed by atoms with van der Waals surface area (Å²) in [5.74, 6) is 0. The summed E-state index contributed by atoms with van der Waals surface area (Å²) in [5.41, 5.74) is 2.99. The fraction of sp³-hybridized carbons (Fsp3) is 0.600. The molecule has 0 amide bonds. The lowest BCUT2D eigenvalue weighted by molar-refractivity contribution is 0.394. The first-order chi connectivity index (χ1) is 8.34. The average Bonchev–Trinajstić information content (AvgIpc) is 2.68. The van der Waals surface area contributed by atoms with Crippen molar-refractivity contribution in [3.63, 3.8) is 0 Å². The van der Waals surface area contributed by atoms with E-state index < -0.39 is 0 Å². The molecular formula is C15H22N2. The van der Waals surface area contributed by atoms with Gasteiger partial charge in [0.1, 0.15) is 0 Å². The minimum atomic E-state index is 0.663. The van der Waals surface area contributed by atoms with Crippen LogP contribution in [0.1, 0.15) is 31.7 Å². The van der Waals surface area contributed by atoms with E-state index in [0.717, 1.165) is 0 Å². The van der Waals surface area contributed by atoms with Crippen molar-refractivity contribution in [1.82, 2.24) is 5.32 Å². The zero-order chi connectivity index (χ0) is 11.7. The lowest BCUT2D eigenvalue weighted by atomic mass is 10.0. The van der Waals surface area contributed by atoms with E-state index in [0.29, 0.717) is 12.1 Å². The predicted molar refractivity (Wildman–Crippen MR) is 72.6 cm³/mol. The van der Waals surface area contributed by atoms with Crippen molar-refractivity contribution >= 4 is 5.69 Å². The van der Waals surface area contributed by atoms with Crippen molar-refractivity contribution in [3.05, 3.63) is 29.8 Å². The van der Waals surface area contributed by atoms with Gasteiger partial charge in [0.15, 0.2) is 0 Å². The quantitative estimate of drug-likeness (QED) is 0.840.